The van der Waals surface area contributed by atoms with Gasteiger partial charge in [-0.1, -0.05) is 30.3 Å². The van der Waals surface area contributed by atoms with Crippen molar-refractivity contribution >= 4 is 11.7 Å². The Hall–Kier alpha value is -2.40. The molecule has 0 aliphatic carbocycles. The molecule has 2 N–H and O–H groups in total. The highest BCUT2D eigenvalue weighted by Crippen LogP contribution is 2.11. The lowest BCUT2D eigenvalue weighted by molar-refractivity contribution is -0.908. The lowest BCUT2D eigenvalue weighted by Crippen LogP contribution is -3.12. The van der Waals surface area contributed by atoms with E-state index in [-0.39, 0.29) is 0 Å². The standard InChI is InChI=1S/C20H24N4O/c25-20(16-22-10-8-17-5-1-2-6-18(17)15-22)24-13-11-23(12-14-24)19-7-3-4-9-21-19/h1-7,9H,8,10-16H2/p+2. The van der Waals surface area contributed by atoms with Crippen LogP contribution in [0.15, 0.2) is 48.7 Å². The van der Waals surface area contributed by atoms with Gasteiger partial charge in [0.1, 0.15) is 19.6 Å². The first-order chi connectivity index (χ1) is 12.3. The van der Waals surface area contributed by atoms with E-state index in [2.05, 4.69) is 40.2 Å². The topological polar surface area (TPSA) is 42.1 Å². The van der Waals surface area contributed by atoms with E-state index in [1.165, 1.54) is 16.0 Å². The second kappa shape index (κ2) is 7.23. The monoisotopic (exact) mass is 338 g/mol. The zero-order chi connectivity index (χ0) is 17.1. The molecule has 1 aromatic heterocycles. The van der Waals surface area contributed by atoms with Crippen molar-refractivity contribution in [2.75, 3.05) is 44.2 Å². The molecule has 2 aliphatic heterocycles. The zero-order valence-electron chi connectivity index (χ0n) is 14.6. The van der Waals surface area contributed by atoms with Gasteiger partial charge in [0, 0.05) is 18.1 Å². The fraction of sp³-hybridized carbons (Fsp3) is 0.400. The molecule has 1 unspecified atom stereocenters. The van der Waals surface area contributed by atoms with Crippen LogP contribution in [0.4, 0.5) is 5.82 Å². The number of rotatable bonds is 3. The SMILES string of the molecule is O=C(C[NH+]1CCc2ccccc2C1)N1CCN(c2cccc[nH+]2)CC1. The number of benzene rings is 1. The number of amides is 1. The molecule has 5 heteroatoms. The molecule has 0 saturated carbocycles. The van der Waals surface area contributed by atoms with Gasteiger partial charge in [-0.05, 0) is 11.6 Å². The largest absolute Gasteiger partial charge is 0.330 e. The maximum atomic E-state index is 12.7. The van der Waals surface area contributed by atoms with Gasteiger partial charge < -0.3 is 9.80 Å². The highest BCUT2D eigenvalue weighted by molar-refractivity contribution is 5.77. The van der Waals surface area contributed by atoms with E-state index in [1.807, 2.05) is 23.2 Å². The maximum absolute atomic E-state index is 12.7. The quantitative estimate of drug-likeness (QED) is 0.842. The van der Waals surface area contributed by atoms with Crippen LogP contribution in [0.5, 0.6) is 0 Å². The third-order valence-electron chi connectivity index (χ3n) is 5.37. The van der Waals surface area contributed by atoms with E-state index in [9.17, 15) is 4.79 Å². The van der Waals surface area contributed by atoms with Crippen molar-refractivity contribution in [1.29, 1.82) is 0 Å². The van der Waals surface area contributed by atoms with Crippen LogP contribution in [0.2, 0.25) is 0 Å². The summed E-state index contributed by atoms with van der Waals surface area (Å²) in [4.78, 5) is 21.7. The summed E-state index contributed by atoms with van der Waals surface area (Å²) in [5, 5.41) is 0. The number of hydrogen-bond donors (Lipinski definition) is 1. The van der Waals surface area contributed by atoms with Crippen molar-refractivity contribution < 1.29 is 14.7 Å². The fourth-order valence-corrected chi connectivity index (χ4v) is 3.90. The number of piperazine rings is 1. The predicted molar refractivity (Wildman–Crippen MR) is 96.3 cm³/mol. The normalized spacial score (nSPS) is 20.2. The first kappa shape index (κ1) is 16.1. The highest BCUT2D eigenvalue weighted by Gasteiger charge is 2.29. The summed E-state index contributed by atoms with van der Waals surface area (Å²) in [5.74, 6) is 1.43. The number of fused-ring (bicyclic) bond motifs is 1. The molecule has 130 valence electrons. The molecular formula is C20H26N4O+2. The van der Waals surface area contributed by atoms with Crippen LogP contribution in [0, 0.1) is 0 Å². The average Bonchev–Trinajstić information content (AvgIpc) is 2.69. The Kier molecular flexibility index (Phi) is 4.65. The zero-order valence-corrected chi connectivity index (χ0v) is 14.6. The van der Waals surface area contributed by atoms with E-state index in [4.69, 9.17) is 0 Å². The highest BCUT2D eigenvalue weighted by atomic mass is 16.2. The molecule has 4 rings (SSSR count). The molecule has 1 fully saturated rings. The molecule has 0 radical (unpaired) electrons. The minimum absolute atomic E-state index is 0.297. The summed E-state index contributed by atoms with van der Waals surface area (Å²) < 4.78 is 0. The van der Waals surface area contributed by atoms with E-state index in [1.54, 1.807) is 0 Å². The predicted octanol–water partition coefficient (Wildman–Crippen LogP) is -0.209. The number of aromatic nitrogens is 1. The number of quaternary nitrogens is 1. The van der Waals surface area contributed by atoms with Gasteiger partial charge in [0.2, 0.25) is 0 Å². The van der Waals surface area contributed by atoms with Crippen molar-refractivity contribution in [3.63, 3.8) is 0 Å². The third kappa shape index (κ3) is 3.66. The molecule has 25 heavy (non-hydrogen) atoms. The van der Waals surface area contributed by atoms with Crippen LogP contribution in [0.3, 0.4) is 0 Å². The van der Waals surface area contributed by atoms with Crippen molar-refractivity contribution in [1.82, 2.24) is 4.90 Å². The van der Waals surface area contributed by atoms with Crippen LogP contribution in [0.25, 0.3) is 0 Å². The number of aromatic amines is 1. The first-order valence-electron chi connectivity index (χ1n) is 9.19. The molecule has 2 aliphatic rings. The van der Waals surface area contributed by atoms with E-state index in [0.717, 1.165) is 51.5 Å². The number of pyridine rings is 1. The summed E-state index contributed by atoms with van der Waals surface area (Å²) >= 11 is 0. The number of hydrogen-bond acceptors (Lipinski definition) is 2. The molecule has 1 saturated heterocycles. The van der Waals surface area contributed by atoms with Crippen LogP contribution in [-0.4, -0.2) is 50.1 Å². The van der Waals surface area contributed by atoms with Crippen molar-refractivity contribution in [3.05, 3.63) is 59.8 Å². The molecule has 0 bridgehead atoms. The molecule has 3 heterocycles. The minimum atomic E-state index is 0.297. The fourth-order valence-electron chi connectivity index (χ4n) is 3.90. The Bertz CT molecular complexity index is 725. The molecule has 1 aromatic carbocycles. The Balaban J connectivity index is 1.30. The second-order valence-corrected chi connectivity index (χ2v) is 6.99. The van der Waals surface area contributed by atoms with Gasteiger partial charge in [-0.3, -0.25) is 9.69 Å². The lowest BCUT2D eigenvalue weighted by atomic mass is 10.00. The smallest absolute Gasteiger partial charge is 0.278 e. The Morgan fingerprint density at radius 2 is 1.76 bits per heavy atom. The molecule has 2 aromatic rings. The summed E-state index contributed by atoms with van der Waals surface area (Å²) in [5.41, 5.74) is 2.85. The van der Waals surface area contributed by atoms with Crippen molar-refractivity contribution in [2.45, 2.75) is 13.0 Å². The van der Waals surface area contributed by atoms with Gasteiger partial charge in [0.25, 0.3) is 11.7 Å². The average molecular weight is 338 g/mol. The lowest BCUT2D eigenvalue weighted by Gasteiger charge is -2.32. The molecule has 1 atom stereocenters. The number of carbonyl (C=O) groups excluding carboxylic acids is 1. The third-order valence-corrected chi connectivity index (χ3v) is 5.37. The molecular weight excluding hydrogens is 312 g/mol. The Morgan fingerprint density at radius 1 is 1.00 bits per heavy atom. The van der Waals surface area contributed by atoms with Gasteiger partial charge in [-0.15, -0.1) is 0 Å². The Labute approximate surface area is 148 Å². The van der Waals surface area contributed by atoms with Crippen LogP contribution in [-0.2, 0) is 17.8 Å². The van der Waals surface area contributed by atoms with E-state index in [0.29, 0.717) is 12.5 Å². The first-order valence-corrected chi connectivity index (χ1v) is 9.19. The molecule has 0 spiro atoms. The second-order valence-electron chi connectivity index (χ2n) is 6.99. The number of anilines is 1. The summed E-state index contributed by atoms with van der Waals surface area (Å²) in [6, 6.07) is 14.8. The van der Waals surface area contributed by atoms with Gasteiger partial charge in [0.05, 0.1) is 25.8 Å². The van der Waals surface area contributed by atoms with Crippen LogP contribution in [0.1, 0.15) is 11.1 Å². The van der Waals surface area contributed by atoms with Crippen molar-refractivity contribution in [2.24, 2.45) is 0 Å². The summed E-state index contributed by atoms with van der Waals surface area (Å²) in [6.07, 6.45) is 3.03. The van der Waals surface area contributed by atoms with E-state index < -0.39 is 0 Å². The maximum Gasteiger partial charge on any atom is 0.278 e. The number of nitrogens with zero attached hydrogens (tertiary/aromatic N) is 2. The van der Waals surface area contributed by atoms with Gasteiger partial charge in [-0.2, -0.15) is 0 Å². The van der Waals surface area contributed by atoms with Crippen molar-refractivity contribution in [3.8, 4) is 0 Å². The van der Waals surface area contributed by atoms with Gasteiger partial charge >= 0.3 is 0 Å². The molecule has 5 nitrogen and oxygen atoms in total. The number of nitrogens with one attached hydrogen (secondary N) is 2. The van der Waals surface area contributed by atoms with Crippen LogP contribution < -0.4 is 14.8 Å². The minimum Gasteiger partial charge on any atom is -0.330 e. The van der Waals surface area contributed by atoms with E-state index >= 15 is 0 Å². The van der Waals surface area contributed by atoms with Crippen LogP contribution >= 0.6 is 0 Å². The molecule has 1 amide bonds. The number of carbonyl (C=O) groups is 1. The summed E-state index contributed by atoms with van der Waals surface area (Å²) in [7, 11) is 0. The van der Waals surface area contributed by atoms with Gasteiger partial charge in [0.15, 0.2) is 6.54 Å². The van der Waals surface area contributed by atoms with Gasteiger partial charge in [-0.25, -0.2) is 4.98 Å². The summed E-state index contributed by atoms with van der Waals surface area (Å²) in [6.45, 7) is 6.06. The Morgan fingerprint density at radius 3 is 2.52 bits per heavy atom. The number of H-pyrrole nitrogens is 1.